The van der Waals surface area contributed by atoms with Crippen LogP contribution in [0, 0.1) is 17.8 Å². The normalized spacial score (nSPS) is 24.0. The average Bonchev–Trinajstić information content (AvgIpc) is 3.52. The molecule has 7 rings (SSSR count). The van der Waals surface area contributed by atoms with Crippen molar-refractivity contribution < 1.29 is 32.8 Å². The Labute approximate surface area is 327 Å². The van der Waals surface area contributed by atoms with Crippen molar-refractivity contribution in [1.29, 1.82) is 0 Å². The molecule has 0 saturated heterocycles. The molecule has 0 bridgehead atoms. The lowest BCUT2D eigenvalue weighted by Crippen LogP contribution is -2.70. The van der Waals surface area contributed by atoms with E-state index >= 15 is 14.4 Å². The summed E-state index contributed by atoms with van der Waals surface area (Å²) >= 11 is 7.14. The Morgan fingerprint density at radius 2 is 1.51 bits per heavy atom. The molecule has 0 amide bonds. The molecule has 2 heterocycles. The van der Waals surface area contributed by atoms with Crippen LogP contribution < -0.4 is 9.47 Å². The Hall–Kier alpha value is -3.49. The number of nitrogens with zero attached hydrogens (tertiary/aromatic N) is 3. The topological polar surface area (TPSA) is 121 Å². The molecule has 5 atom stereocenters. The van der Waals surface area contributed by atoms with Crippen molar-refractivity contribution in [1.82, 2.24) is 15.0 Å². The number of rotatable bonds is 9. The number of ether oxygens (including phenoxy) is 2. The maximum Gasteiger partial charge on any atom is 0.265 e. The number of hydrogen-bond donors (Lipinski definition) is 0. The Morgan fingerprint density at radius 3 is 2.09 bits per heavy atom. The maximum atomic E-state index is 15.7. The summed E-state index contributed by atoms with van der Waals surface area (Å²) in [5.74, 6) is -3.17. The van der Waals surface area contributed by atoms with Crippen LogP contribution in [0.15, 0.2) is 74.4 Å². The van der Waals surface area contributed by atoms with E-state index in [0.29, 0.717) is 33.4 Å². The largest absolute Gasteiger partial charge is 0.485 e. The highest BCUT2D eigenvalue weighted by molar-refractivity contribution is 9.11. The number of benzene rings is 2. The number of pyridine rings is 1. The second-order valence-corrected chi connectivity index (χ2v) is 22.2. The summed E-state index contributed by atoms with van der Waals surface area (Å²) in [7, 11) is 0.890. The number of fused-ring (bicyclic) bond motifs is 4. The second kappa shape index (κ2) is 14.0. The van der Waals surface area contributed by atoms with E-state index in [9.17, 15) is 0 Å². The second-order valence-electron chi connectivity index (χ2n) is 16.0. The number of ketones is 3. The molecule has 13 heteroatoms. The van der Waals surface area contributed by atoms with Crippen molar-refractivity contribution in [2.75, 3.05) is 14.1 Å². The van der Waals surface area contributed by atoms with Crippen LogP contribution in [0.25, 0.3) is 0 Å². The Kier molecular flexibility index (Phi) is 9.97. The predicted octanol–water partition coefficient (Wildman–Crippen LogP) is 8.57. The third-order valence-electron chi connectivity index (χ3n) is 11.5. The summed E-state index contributed by atoms with van der Waals surface area (Å²) in [6.07, 6.45) is 0.712. The van der Waals surface area contributed by atoms with E-state index in [-0.39, 0.29) is 41.0 Å². The van der Waals surface area contributed by atoms with Gasteiger partial charge in [-0.3, -0.25) is 19.3 Å². The smallest absolute Gasteiger partial charge is 0.265 e. The van der Waals surface area contributed by atoms with Crippen molar-refractivity contribution in [2.45, 2.75) is 76.6 Å². The van der Waals surface area contributed by atoms with Gasteiger partial charge in [-0.15, -0.1) is 0 Å². The summed E-state index contributed by atoms with van der Waals surface area (Å²) in [6.45, 7) is 10.6. The molecule has 4 aromatic rings. The first-order valence-corrected chi connectivity index (χ1v) is 22.3. The van der Waals surface area contributed by atoms with Crippen molar-refractivity contribution in [3.8, 4) is 11.6 Å². The van der Waals surface area contributed by atoms with Crippen LogP contribution in [0.3, 0.4) is 0 Å². The summed E-state index contributed by atoms with van der Waals surface area (Å²) in [5, 5.41) is 3.90. The van der Waals surface area contributed by atoms with Crippen molar-refractivity contribution in [2.24, 2.45) is 17.8 Å². The molecule has 278 valence electrons. The highest BCUT2D eigenvalue weighted by Crippen LogP contribution is 2.59. The van der Waals surface area contributed by atoms with E-state index in [2.05, 4.69) is 62.8 Å². The molecule has 10 nitrogen and oxygen atoms in total. The van der Waals surface area contributed by atoms with Gasteiger partial charge in [0, 0.05) is 5.92 Å². The molecule has 0 aliphatic heterocycles. The van der Waals surface area contributed by atoms with Crippen LogP contribution in [0.2, 0.25) is 18.1 Å². The first-order chi connectivity index (χ1) is 25.1. The number of hydrogen-bond acceptors (Lipinski definition) is 10. The lowest BCUT2D eigenvalue weighted by atomic mass is 9.54. The van der Waals surface area contributed by atoms with E-state index in [1.807, 2.05) is 92.8 Å². The van der Waals surface area contributed by atoms with E-state index in [1.54, 1.807) is 0 Å². The SMILES string of the molecule is CN(C)[C@@H]1c2onc(OCc3ccccc3)c2C(=O)[C@@]2(O[Si](C)(C)C(C)(C)C)C(=O)C3C(=O)c4c(c(Br)nc(Br)c4OCc4ccccc4)C[C@H]3C[C@@H]12. The first kappa shape index (κ1) is 37.8. The minimum absolute atomic E-state index is 0.00290. The van der Waals surface area contributed by atoms with Crippen LogP contribution in [-0.4, -0.2) is 60.4 Å². The molecule has 1 saturated carbocycles. The molecular weight excluding hydrogens is 822 g/mol. The number of halogens is 2. The van der Waals surface area contributed by atoms with E-state index in [4.69, 9.17) is 18.4 Å². The zero-order valence-corrected chi connectivity index (χ0v) is 35.0. The van der Waals surface area contributed by atoms with Gasteiger partial charge in [0.05, 0.1) is 17.5 Å². The molecule has 0 spiro atoms. The summed E-state index contributed by atoms with van der Waals surface area (Å²) in [4.78, 5) is 52.7. The zero-order valence-electron chi connectivity index (χ0n) is 30.9. The molecular formula is C40H43Br2N3O7Si. The number of carbonyl (C=O) groups excluding carboxylic acids is 3. The molecule has 2 aromatic heterocycles. The molecule has 3 aliphatic rings. The maximum absolute atomic E-state index is 15.7. The zero-order chi connectivity index (χ0) is 38.0. The molecule has 0 radical (unpaired) electrons. The van der Waals surface area contributed by atoms with Gasteiger partial charge in [0.2, 0.25) is 5.78 Å². The van der Waals surface area contributed by atoms with Crippen molar-refractivity contribution >= 4 is 57.5 Å². The van der Waals surface area contributed by atoms with Gasteiger partial charge in [0.15, 0.2) is 37.0 Å². The molecule has 53 heavy (non-hydrogen) atoms. The van der Waals surface area contributed by atoms with Crippen LogP contribution in [0.4, 0.5) is 0 Å². The van der Waals surface area contributed by atoms with Gasteiger partial charge in [-0.1, -0.05) is 81.4 Å². The van der Waals surface area contributed by atoms with E-state index < -0.39 is 55.1 Å². The lowest BCUT2D eigenvalue weighted by molar-refractivity contribution is -0.151. The minimum atomic E-state index is -2.89. The molecule has 3 aliphatic carbocycles. The predicted molar refractivity (Wildman–Crippen MR) is 208 cm³/mol. The Bertz CT molecular complexity index is 2080. The fourth-order valence-electron chi connectivity index (χ4n) is 7.91. The third kappa shape index (κ3) is 6.35. The Balaban J connectivity index is 1.37. The van der Waals surface area contributed by atoms with Crippen LogP contribution in [-0.2, 0) is 28.9 Å². The van der Waals surface area contributed by atoms with Gasteiger partial charge >= 0.3 is 0 Å². The highest BCUT2D eigenvalue weighted by atomic mass is 79.9. The van der Waals surface area contributed by atoms with Crippen LogP contribution in [0.5, 0.6) is 11.6 Å². The quantitative estimate of drug-likeness (QED) is 0.0920. The van der Waals surface area contributed by atoms with Crippen molar-refractivity contribution in [3.05, 3.63) is 103 Å². The van der Waals surface area contributed by atoms with Gasteiger partial charge < -0.3 is 18.4 Å². The highest BCUT2D eigenvalue weighted by Gasteiger charge is 2.70. The number of carbonyl (C=O) groups is 3. The van der Waals surface area contributed by atoms with Crippen LogP contribution in [0.1, 0.15) is 76.4 Å². The third-order valence-corrected chi connectivity index (χ3v) is 17.1. The standard InChI is InChI=1S/C40H43Br2N3O7Si/c1-39(2,3)53(6,7)52-40-26(30(45(4)5)32-29(35(40)48)38(44-51-32)50-21-23-16-12-9-13-17-23)19-24-18-25-28(31(46)27(24)34(40)47)33(37(42)43-36(25)41)49-20-22-14-10-8-11-15-22/h8-17,24,26-27,30H,18-21H2,1-7H3/t24-,26-,27?,30-,40-/m0/s1. The van der Waals surface area contributed by atoms with Gasteiger partial charge in [0.1, 0.15) is 28.0 Å². The molecule has 1 fully saturated rings. The van der Waals surface area contributed by atoms with Gasteiger partial charge in [-0.25, -0.2) is 4.98 Å². The van der Waals surface area contributed by atoms with Gasteiger partial charge in [-0.2, -0.15) is 0 Å². The summed E-state index contributed by atoms with van der Waals surface area (Å²) in [5.41, 5.74) is 0.840. The molecule has 0 N–H and O–H groups in total. The summed E-state index contributed by atoms with van der Waals surface area (Å²) < 4.78 is 26.5. The van der Waals surface area contributed by atoms with E-state index in [0.717, 1.165) is 11.1 Å². The van der Waals surface area contributed by atoms with Gasteiger partial charge in [-0.05, 0) is 105 Å². The fraction of sp³-hybridized carbons (Fsp3) is 0.425. The van der Waals surface area contributed by atoms with Crippen molar-refractivity contribution in [3.63, 3.8) is 0 Å². The first-order valence-electron chi connectivity index (χ1n) is 17.8. The van der Waals surface area contributed by atoms with Crippen LogP contribution >= 0.6 is 31.9 Å². The molecule has 2 aromatic carbocycles. The summed E-state index contributed by atoms with van der Waals surface area (Å²) in [6, 6.07) is 18.6. The fourth-order valence-corrected chi connectivity index (χ4v) is 10.6. The number of Topliss-reactive ketones (excluding diaryl/α,β-unsaturated/α-hetero) is 3. The van der Waals surface area contributed by atoms with E-state index in [1.165, 1.54) is 0 Å². The minimum Gasteiger partial charge on any atom is -0.485 e. The average molecular weight is 866 g/mol. The monoisotopic (exact) mass is 863 g/mol. The Morgan fingerprint density at radius 1 is 0.906 bits per heavy atom. The number of aromatic nitrogens is 2. The molecule has 1 unspecified atom stereocenters. The van der Waals surface area contributed by atoms with Gasteiger partial charge in [0.25, 0.3) is 5.88 Å². The lowest BCUT2D eigenvalue weighted by Gasteiger charge is -2.56.